The van der Waals surface area contributed by atoms with E-state index in [0.29, 0.717) is 0 Å². The number of hydrogen-bond acceptors (Lipinski definition) is 7. The van der Waals surface area contributed by atoms with Gasteiger partial charge in [0, 0.05) is 24.3 Å². The Morgan fingerprint density at radius 2 is 1.74 bits per heavy atom. The van der Waals surface area contributed by atoms with E-state index in [1.807, 2.05) is 36.4 Å². The molecule has 0 spiro atoms. The van der Waals surface area contributed by atoms with Gasteiger partial charge in [0.05, 0.1) is 6.10 Å². The number of nitrogens with zero attached hydrogens (tertiary/aromatic N) is 2. The summed E-state index contributed by atoms with van der Waals surface area (Å²) >= 11 is 1.03. The number of hydrogen-bond donors (Lipinski definition) is 3. The number of ether oxygens (including phenoxy) is 1. The number of carboxylic acid groups (broad SMARTS) is 1. The zero-order valence-corrected chi connectivity index (χ0v) is 18.7. The summed E-state index contributed by atoms with van der Waals surface area (Å²) in [5.41, 5.74) is 4.45. The Labute approximate surface area is 198 Å². The maximum absolute atomic E-state index is 12.7. The van der Waals surface area contributed by atoms with Gasteiger partial charge in [0.25, 0.3) is 5.91 Å². The van der Waals surface area contributed by atoms with Crippen LogP contribution in [0.5, 0.6) is 0 Å². The third-order valence-electron chi connectivity index (χ3n) is 6.10. The summed E-state index contributed by atoms with van der Waals surface area (Å²) in [6, 6.07) is 14.9. The number of aliphatic hydroxyl groups excluding tert-OH is 1. The number of amides is 2. The standard InChI is InChI=1S/C24H21N3O6S/c28-13-9-20(22(30)31)27(10-13)21(29)19-12-34-23(25-19)26-24(32)33-11-18-16-7-3-1-5-14(16)15-6-2-4-8-17(15)18/h1-8,12-13,18,20,28H,9-11H2,(H,30,31)(H,25,26,32)/t13-,20-/m0/s1. The topological polar surface area (TPSA) is 129 Å². The molecule has 10 heteroatoms. The molecule has 34 heavy (non-hydrogen) atoms. The van der Waals surface area contributed by atoms with Gasteiger partial charge in [0.15, 0.2) is 5.13 Å². The summed E-state index contributed by atoms with van der Waals surface area (Å²) in [7, 11) is 0. The van der Waals surface area contributed by atoms with Crippen molar-refractivity contribution in [1.29, 1.82) is 0 Å². The third-order valence-corrected chi connectivity index (χ3v) is 6.86. The molecule has 2 heterocycles. The SMILES string of the molecule is O=C(Nc1nc(C(=O)N2C[C@@H](O)C[C@H]2C(=O)O)cs1)OCC1c2ccccc2-c2ccccc21. The second kappa shape index (κ2) is 8.88. The summed E-state index contributed by atoms with van der Waals surface area (Å²) in [4.78, 5) is 41.7. The molecule has 0 unspecified atom stereocenters. The average molecular weight is 480 g/mol. The maximum Gasteiger partial charge on any atom is 0.413 e. The van der Waals surface area contributed by atoms with Crippen molar-refractivity contribution in [1.82, 2.24) is 9.88 Å². The zero-order chi connectivity index (χ0) is 23.8. The van der Waals surface area contributed by atoms with Crippen LogP contribution in [0, 0.1) is 0 Å². The number of carboxylic acids is 1. The van der Waals surface area contributed by atoms with Gasteiger partial charge in [0.2, 0.25) is 0 Å². The van der Waals surface area contributed by atoms with Crippen molar-refractivity contribution in [2.24, 2.45) is 0 Å². The number of carbonyl (C=O) groups excluding carboxylic acids is 2. The lowest BCUT2D eigenvalue weighted by atomic mass is 9.98. The van der Waals surface area contributed by atoms with Gasteiger partial charge in [-0.25, -0.2) is 14.6 Å². The van der Waals surface area contributed by atoms with Crippen molar-refractivity contribution in [3.63, 3.8) is 0 Å². The molecule has 5 rings (SSSR count). The first-order valence-electron chi connectivity index (χ1n) is 10.7. The number of aliphatic carboxylic acids is 1. The van der Waals surface area contributed by atoms with Crippen LogP contribution in [0.1, 0.15) is 34.0 Å². The highest BCUT2D eigenvalue weighted by atomic mass is 32.1. The molecule has 3 N–H and O–H groups in total. The molecule has 2 aliphatic rings. The molecule has 0 saturated carbocycles. The van der Waals surface area contributed by atoms with E-state index in [1.54, 1.807) is 0 Å². The molecule has 1 aliphatic carbocycles. The molecule has 3 aromatic rings. The monoisotopic (exact) mass is 479 g/mol. The van der Waals surface area contributed by atoms with Crippen LogP contribution in [0.2, 0.25) is 0 Å². The van der Waals surface area contributed by atoms with E-state index in [-0.39, 0.29) is 36.3 Å². The van der Waals surface area contributed by atoms with E-state index in [4.69, 9.17) is 4.74 Å². The van der Waals surface area contributed by atoms with Crippen molar-refractivity contribution in [3.05, 3.63) is 70.7 Å². The quantitative estimate of drug-likeness (QED) is 0.513. The molecule has 2 aromatic carbocycles. The Balaban J connectivity index is 1.23. The summed E-state index contributed by atoms with van der Waals surface area (Å²) in [6.07, 6.45) is -1.63. The second-order valence-corrected chi connectivity index (χ2v) is 9.05. The molecule has 0 radical (unpaired) electrons. The lowest BCUT2D eigenvalue weighted by Crippen LogP contribution is -2.40. The first-order chi connectivity index (χ1) is 16.4. The Hall–Kier alpha value is -3.76. The van der Waals surface area contributed by atoms with E-state index in [9.17, 15) is 24.6 Å². The fourth-order valence-corrected chi connectivity index (χ4v) is 5.24. The van der Waals surface area contributed by atoms with E-state index < -0.39 is 30.1 Å². The van der Waals surface area contributed by atoms with Crippen LogP contribution in [0.15, 0.2) is 53.9 Å². The lowest BCUT2D eigenvalue weighted by Gasteiger charge is -2.19. The number of nitrogens with one attached hydrogen (secondary N) is 1. The summed E-state index contributed by atoms with van der Waals surface area (Å²) in [5, 5.41) is 23.2. The lowest BCUT2D eigenvalue weighted by molar-refractivity contribution is -0.141. The smallest absolute Gasteiger partial charge is 0.413 e. The summed E-state index contributed by atoms with van der Waals surface area (Å²) < 4.78 is 5.49. The highest BCUT2D eigenvalue weighted by molar-refractivity contribution is 7.14. The molecule has 1 fully saturated rings. The molecule has 1 aromatic heterocycles. The molecule has 1 saturated heterocycles. The third kappa shape index (κ3) is 4.02. The number of carbonyl (C=O) groups is 3. The van der Waals surface area contributed by atoms with Crippen LogP contribution in [0.25, 0.3) is 11.1 Å². The number of rotatable bonds is 5. The highest BCUT2D eigenvalue weighted by Gasteiger charge is 2.40. The van der Waals surface area contributed by atoms with Crippen molar-refractivity contribution in [2.45, 2.75) is 24.5 Å². The number of aliphatic hydroxyl groups is 1. The van der Waals surface area contributed by atoms with Gasteiger partial charge in [-0.3, -0.25) is 10.1 Å². The van der Waals surface area contributed by atoms with Gasteiger partial charge in [-0.15, -0.1) is 11.3 Å². The van der Waals surface area contributed by atoms with E-state index in [0.717, 1.165) is 38.5 Å². The van der Waals surface area contributed by atoms with Crippen LogP contribution in [0.4, 0.5) is 9.93 Å². The molecular formula is C24H21N3O6S. The van der Waals surface area contributed by atoms with Crippen molar-refractivity contribution in [2.75, 3.05) is 18.5 Å². The van der Waals surface area contributed by atoms with Gasteiger partial charge >= 0.3 is 12.1 Å². The number of benzene rings is 2. The Morgan fingerprint density at radius 3 is 2.38 bits per heavy atom. The molecule has 2 atom stereocenters. The van der Waals surface area contributed by atoms with Crippen LogP contribution in [-0.4, -0.2) is 63.4 Å². The predicted octanol–water partition coefficient (Wildman–Crippen LogP) is 3.16. The fraction of sp³-hybridized carbons (Fsp3) is 0.250. The van der Waals surface area contributed by atoms with Gasteiger partial charge in [-0.05, 0) is 22.3 Å². The highest BCUT2D eigenvalue weighted by Crippen LogP contribution is 2.44. The van der Waals surface area contributed by atoms with E-state index in [1.165, 1.54) is 5.38 Å². The van der Waals surface area contributed by atoms with Crippen molar-refractivity contribution in [3.8, 4) is 11.1 Å². The fourth-order valence-electron chi connectivity index (χ4n) is 4.57. The number of likely N-dealkylation sites (tertiary alicyclic amines) is 1. The van der Waals surface area contributed by atoms with Crippen LogP contribution in [-0.2, 0) is 9.53 Å². The van der Waals surface area contributed by atoms with Crippen molar-refractivity contribution < 1.29 is 29.3 Å². The average Bonchev–Trinajstić information content (AvgIpc) is 3.53. The summed E-state index contributed by atoms with van der Waals surface area (Å²) in [5.74, 6) is -1.88. The Kier molecular flexibility index (Phi) is 5.76. The van der Waals surface area contributed by atoms with Gasteiger partial charge < -0.3 is 19.8 Å². The number of aromatic nitrogens is 1. The molecule has 2 amide bonds. The van der Waals surface area contributed by atoms with Crippen LogP contribution in [0.3, 0.4) is 0 Å². The first kappa shape index (κ1) is 22.1. The van der Waals surface area contributed by atoms with E-state index in [2.05, 4.69) is 22.4 Å². The number of anilines is 1. The minimum Gasteiger partial charge on any atom is -0.480 e. The maximum atomic E-state index is 12.7. The van der Waals surface area contributed by atoms with Crippen molar-refractivity contribution >= 4 is 34.4 Å². The molecule has 1 aliphatic heterocycles. The zero-order valence-electron chi connectivity index (χ0n) is 17.9. The molecule has 9 nitrogen and oxygen atoms in total. The molecule has 174 valence electrons. The largest absolute Gasteiger partial charge is 0.480 e. The first-order valence-corrected chi connectivity index (χ1v) is 11.6. The minimum absolute atomic E-state index is 0.000650. The predicted molar refractivity (Wildman–Crippen MR) is 124 cm³/mol. The van der Waals surface area contributed by atoms with Crippen LogP contribution < -0.4 is 5.32 Å². The van der Waals surface area contributed by atoms with Gasteiger partial charge in [0.1, 0.15) is 18.3 Å². The minimum atomic E-state index is -1.18. The van der Waals surface area contributed by atoms with Gasteiger partial charge in [-0.1, -0.05) is 48.5 Å². The molecular weight excluding hydrogens is 458 g/mol. The van der Waals surface area contributed by atoms with Gasteiger partial charge in [-0.2, -0.15) is 0 Å². The second-order valence-electron chi connectivity index (χ2n) is 8.19. The van der Waals surface area contributed by atoms with Crippen LogP contribution >= 0.6 is 11.3 Å². The summed E-state index contributed by atoms with van der Waals surface area (Å²) in [6.45, 7) is 0.0610. The molecule has 0 bridgehead atoms. The Morgan fingerprint density at radius 1 is 1.09 bits per heavy atom. The number of β-amino-alcohol motifs (C(OH)–C–C–N with tert-alkyl or cyclic N) is 1. The number of thiazole rings is 1. The normalized spacial score (nSPS) is 18.9. The Bertz CT molecular complexity index is 1230. The van der Waals surface area contributed by atoms with E-state index >= 15 is 0 Å². The number of fused-ring (bicyclic) bond motifs is 3.